The van der Waals surface area contributed by atoms with Crippen molar-refractivity contribution < 1.29 is 0 Å². The maximum atomic E-state index is 12.6. The van der Waals surface area contributed by atoms with Gasteiger partial charge in [-0.3, -0.25) is 4.79 Å². The fourth-order valence-corrected chi connectivity index (χ4v) is 3.82. The van der Waals surface area contributed by atoms with Gasteiger partial charge in [0.1, 0.15) is 4.83 Å². The summed E-state index contributed by atoms with van der Waals surface area (Å²) in [5.41, 5.74) is 2.66. The van der Waals surface area contributed by atoms with Gasteiger partial charge in [-0.15, -0.1) is 11.3 Å². The third kappa shape index (κ3) is 3.14. The molecule has 2 aromatic heterocycles. The number of hydrogen-bond acceptors (Lipinski definition) is 3. The Hall–Kier alpha value is -2.69. The molecule has 122 valence electrons. The number of benzene rings is 2. The van der Waals surface area contributed by atoms with Crippen LogP contribution in [0.3, 0.4) is 0 Å². The molecule has 3 nitrogen and oxygen atoms in total. The molecule has 0 spiro atoms. The Balaban J connectivity index is 1.82. The Morgan fingerprint density at radius 3 is 2.44 bits per heavy atom. The third-order valence-electron chi connectivity index (χ3n) is 3.85. The highest BCUT2D eigenvalue weighted by Crippen LogP contribution is 2.31. The lowest BCUT2D eigenvalue weighted by atomic mass is 10.1. The van der Waals surface area contributed by atoms with Crippen LogP contribution in [0.5, 0.6) is 0 Å². The number of halogens is 1. The molecule has 2 heterocycles. The first-order valence-corrected chi connectivity index (χ1v) is 8.98. The van der Waals surface area contributed by atoms with Crippen molar-refractivity contribution in [3.8, 4) is 11.1 Å². The summed E-state index contributed by atoms with van der Waals surface area (Å²) in [6.45, 7) is 0. The Bertz CT molecular complexity index is 1110. The molecule has 0 radical (unpaired) electrons. The van der Waals surface area contributed by atoms with E-state index in [0.29, 0.717) is 21.1 Å². The third-order valence-corrected chi connectivity index (χ3v) is 5.01. The van der Waals surface area contributed by atoms with Crippen LogP contribution in [-0.2, 0) is 0 Å². The number of fused-ring (bicyclic) bond motifs is 1. The van der Waals surface area contributed by atoms with Crippen molar-refractivity contribution in [1.82, 2.24) is 9.97 Å². The molecule has 1 N–H and O–H groups in total. The molecule has 0 bridgehead atoms. The summed E-state index contributed by atoms with van der Waals surface area (Å²) in [4.78, 5) is 20.7. The zero-order valence-corrected chi connectivity index (χ0v) is 14.6. The van der Waals surface area contributed by atoms with Crippen LogP contribution in [0, 0.1) is 0 Å². The van der Waals surface area contributed by atoms with Gasteiger partial charge in [0.2, 0.25) is 0 Å². The molecule has 0 aliphatic carbocycles. The maximum Gasteiger partial charge on any atom is 0.260 e. The molecular formula is C20H13ClN2OS. The van der Waals surface area contributed by atoms with Crippen molar-refractivity contribution >= 4 is 44.3 Å². The summed E-state index contributed by atoms with van der Waals surface area (Å²) in [6.07, 6.45) is 1.79. The first kappa shape index (κ1) is 15.8. The van der Waals surface area contributed by atoms with Gasteiger partial charge in [0, 0.05) is 10.9 Å². The van der Waals surface area contributed by atoms with Gasteiger partial charge in [-0.05, 0) is 17.2 Å². The highest BCUT2D eigenvalue weighted by molar-refractivity contribution is 7.17. The van der Waals surface area contributed by atoms with Crippen molar-refractivity contribution in [3.05, 3.63) is 87.8 Å². The van der Waals surface area contributed by atoms with E-state index in [9.17, 15) is 4.79 Å². The number of thiophene rings is 1. The molecule has 0 fully saturated rings. The first-order chi connectivity index (χ1) is 12.2. The van der Waals surface area contributed by atoms with Crippen molar-refractivity contribution in [3.63, 3.8) is 0 Å². The molecule has 4 rings (SSSR count). The van der Waals surface area contributed by atoms with Crippen LogP contribution in [0.1, 0.15) is 11.4 Å². The molecule has 0 saturated carbocycles. The normalized spacial score (nSPS) is 11.8. The lowest BCUT2D eigenvalue weighted by Gasteiger charge is -2.02. The summed E-state index contributed by atoms with van der Waals surface area (Å²) in [7, 11) is 0. The van der Waals surface area contributed by atoms with Crippen LogP contribution in [0.2, 0.25) is 0 Å². The smallest absolute Gasteiger partial charge is 0.260 e. The number of aromatic amines is 1. The molecule has 25 heavy (non-hydrogen) atoms. The molecule has 0 saturated heterocycles. The molecule has 0 aliphatic rings. The van der Waals surface area contributed by atoms with Gasteiger partial charge in [-0.1, -0.05) is 72.3 Å². The van der Waals surface area contributed by atoms with E-state index in [1.165, 1.54) is 11.3 Å². The Morgan fingerprint density at radius 2 is 1.72 bits per heavy atom. The van der Waals surface area contributed by atoms with E-state index >= 15 is 0 Å². The molecule has 0 aliphatic heterocycles. The molecule has 4 aromatic rings. The molecule has 0 unspecified atom stereocenters. The molecule has 0 amide bonds. The summed E-state index contributed by atoms with van der Waals surface area (Å²) in [6, 6.07) is 19.5. The van der Waals surface area contributed by atoms with Crippen LogP contribution in [-0.4, -0.2) is 9.97 Å². The van der Waals surface area contributed by atoms with Gasteiger partial charge in [0.05, 0.1) is 10.4 Å². The fraction of sp³-hybridized carbons (Fsp3) is 0. The summed E-state index contributed by atoms with van der Waals surface area (Å²) >= 11 is 7.81. The molecule has 5 heteroatoms. The minimum Gasteiger partial charge on any atom is -0.305 e. The predicted molar refractivity (Wildman–Crippen MR) is 106 cm³/mol. The fourth-order valence-electron chi connectivity index (χ4n) is 2.66. The highest BCUT2D eigenvalue weighted by Gasteiger charge is 2.13. The van der Waals surface area contributed by atoms with Crippen LogP contribution in [0.4, 0.5) is 0 Å². The van der Waals surface area contributed by atoms with E-state index in [4.69, 9.17) is 11.6 Å². The number of aromatic nitrogens is 2. The van der Waals surface area contributed by atoms with Crippen molar-refractivity contribution in [2.24, 2.45) is 0 Å². The summed E-state index contributed by atoms with van der Waals surface area (Å²) in [5, 5.41) is 2.96. The zero-order valence-electron chi connectivity index (χ0n) is 13.1. The number of nitrogens with one attached hydrogen (secondary N) is 1. The molecular weight excluding hydrogens is 352 g/mol. The van der Waals surface area contributed by atoms with E-state index in [-0.39, 0.29) is 5.56 Å². The molecule has 0 atom stereocenters. The van der Waals surface area contributed by atoms with Crippen molar-refractivity contribution in [2.75, 3.05) is 0 Å². The second kappa shape index (κ2) is 6.67. The zero-order chi connectivity index (χ0) is 17.2. The minimum absolute atomic E-state index is 0.181. The van der Waals surface area contributed by atoms with Gasteiger partial charge in [-0.2, -0.15) is 0 Å². The van der Waals surface area contributed by atoms with E-state index in [0.717, 1.165) is 16.7 Å². The van der Waals surface area contributed by atoms with Crippen molar-refractivity contribution in [1.29, 1.82) is 0 Å². The SMILES string of the molecule is O=c1[nH]c(/C(Cl)=C/c2ccccc2)nc2scc(-c3ccccc3)c12. The van der Waals surface area contributed by atoms with Crippen molar-refractivity contribution in [2.45, 2.75) is 0 Å². The standard InChI is InChI=1S/C20H13ClN2OS/c21-16(11-13-7-3-1-4-8-13)18-22-19(24)17-15(12-25-20(17)23-18)14-9-5-2-6-10-14/h1-12H,(H,22,23,24)/b16-11-. The van der Waals surface area contributed by atoms with Crippen LogP contribution in [0.15, 0.2) is 70.8 Å². The van der Waals surface area contributed by atoms with Crippen LogP contribution < -0.4 is 5.56 Å². The van der Waals surface area contributed by atoms with Gasteiger partial charge < -0.3 is 4.98 Å². The largest absolute Gasteiger partial charge is 0.305 e. The van der Waals surface area contributed by atoms with Gasteiger partial charge in [-0.25, -0.2) is 4.98 Å². The highest BCUT2D eigenvalue weighted by atomic mass is 35.5. The second-order valence-corrected chi connectivity index (χ2v) is 6.78. The average Bonchev–Trinajstić information content (AvgIpc) is 3.08. The predicted octanol–water partition coefficient (Wildman–Crippen LogP) is 5.39. The average molecular weight is 365 g/mol. The Labute approximate surface area is 153 Å². The van der Waals surface area contributed by atoms with E-state index < -0.39 is 0 Å². The lowest BCUT2D eigenvalue weighted by Crippen LogP contribution is -2.10. The topological polar surface area (TPSA) is 45.8 Å². The summed E-state index contributed by atoms with van der Waals surface area (Å²) < 4.78 is 0. The van der Waals surface area contributed by atoms with Gasteiger partial charge in [0.25, 0.3) is 5.56 Å². The number of H-pyrrole nitrogens is 1. The number of rotatable bonds is 3. The first-order valence-electron chi connectivity index (χ1n) is 7.72. The van der Waals surface area contributed by atoms with Crippen LogP contribution in [0.25, 0.3) is 32.5 Å². The Kier molecular flexibility index (Phi) is 4.22. The Morgan fingerprint density at radius 1 is 1.04 bits per heavy atom. The minimum atomic E-state index is -0.181. The van der Waals surface area contributed by atoms with Gasteiger partial charge >= 0.3 is 0 Å². The summed E-state index contributed by atoms with van der Waals surface area (Å²) in [5.74, 6) is 0.379. The van der Waals surface area contributed by atoms with E-state index in [2.05, 4.69) is 9.97 Å². The number of hydrogen-bond donors (Lipinski definition) is 1. The second-order valence-electron chi connectivity index (χ2n) is 5.51. The molecule has 2 aromatic carbocycles. The van der Waals surface area contributed by atoms with E-state index in [1.807, 2.05) is 66.0 Å². The lowest BCUT2D eigenvalue weighted by molar-refractivity contribution is 1.14. The maximum absolute atomic E-state index is 12.6. The van der Waals surface area contributed by atoms with Gasteiger partial charge in [0.15, 0.2) is 5.82 Å². The quantitative estimate of drug-likeness (QED) is 0.529. The van der Waals surface area contributed by atoms with Crippen LogP contribution >= 0.6 is 22.9 Å². The monoisotopic (exact) mass is 364 g/mol. The van der Waals surface area contributed by atoms with E-state index in [1.54, 1.807) is 6.08 Å². The number of nitrogens with zero attached hydrogens (tertiary/aromatic N) is 1.